The molecule has 4 nitrogen and oxygen atoms in total. The van der Waals surface area contributed by atoms with Gasteiger partial charge in [0.25, 0.3) is 0 Å². The topological polar surface area (TPSA) is 55.8 Å². The SMILES string of the molecule is C=C(C)C(=O)OCC1CCC(CC)(OC(C)C(C)(O)C(F)(F)F)C1. The molecule has 0 heterocycles. The van der Waals surface area contributed by atoms with E-state index in [0.29, 0.717) is 31.3 Å². The molecule has 140 valence electrons. The van der Waals surface area contributed by atoms with E-state index in [4.69, 9.17) is 9.47 Å². The van der Waals surface area contributed by atoms with Crippen LogP contribution in [-0.4, -0.2) is 41.2 Å². The smallest absolute Gasteiger partial charge is 0.419 e. The fourth-order valence-corrected chi connectivity index (χ4v) is 2.89. The van der Waals surface area contributed by atoms with Crippen molar-refractivity contribution in [2.75, 3.05) is 6.61 Å². The number of alkyl halides is 3. The summed E-state index contributed by atoms with van der Waals surface area (Å²) >= 11 is 0. The van der Waals surface area contributed by atoms with E-state index in [1.165, 1.54) is 6.92 Å². The van der Waals surface area contributed by atoms with Gasteiger partial charge in [-0.15, -0.1) is 0 Å². The Kier molecular flexibility index (Phi) is 6.49. The third-order valence-corrected chi connectivity index (χ3v) is 4.90. The van der Waals surface area contributed by atoms with Gasteiger partial charge in [-0.3, -0.25) is 0 Å². The predicted octanol–water partition coefficient (Wildman–Crippen LogP) is 3.77. The first kappa shape index (κ1) is 21.0. The first-order valence-corrected chi connectivity index (χ1v) is 8.14. The lowest BCUT2D eigenvalue weighted by molar-refractivity contribution is -0.299. The third kappa shape index (κ3) is 4.72. The van der Waals surface area contributed by atoms with E-state index in [1.54, 1.807) is 6.92 Å². The summed E-state index contributed by atoms with van der Waals surface area (Å²) in [5, 5.41) is 9.76. The zero-order chi connectivity index (χ0) is 18.8. The summed E-state index contributed by atoms with van der Waals surface area (Å²) < 4.78 is 49.7. The van der Waals surface area contributed by atoms with Crippen LogP contribution in [0.3, 0.4) is 0 Å². The second-order valence-corrected chi connectivity index (χ2v) is 6.93. The van der Waals surface area contributed by atoms with E-state index >= 15 is 0 Å². The largest absolute Gasteiger partial charge is 0.462 e. The number of carbonyl (C=O) groups excluding carboxylic acids is 1. The first-order valence-electron chi connectivity index (χ1n) is 8.14. The molecule has 1 N–H and O–H groups in total. The van der Waals surface area contributed by atoms with Crippen molar-refractivity contribution in [1.29, 1.82) is 0 Å². The molecule has 4 unspecified atom stereocenters. The van der Waals surface area contributed by atoms with Crippen LogP contribution in [0.2, 0.25) is 0 Å². The molecule has 0 amide bonds. The van der Waals surface area contributed by atoms with E-state index in [1.807, 2.05) is 6.92 Å². The van der Waals surface area contributed by atoms with Gasteiger partial charge < -0.3 is 14.6 Å². The minimum Gasteiger partial charge on any atom is -0.462 e. The summed E-state index contributed by atoms with van der Waals surface area (Å²) in [5.41, 5.74) is -3.35. The van der Waals surface area contributed by atoms with E-state index in [-0.39, 0.29) is 12.5 Å². The summed E-state index contributed by atoms with van der Waals surface area (Å²) in [6.07, 6.45) is -3.89. The number of halogens is 3. The molecule has 0 saturated heterocycles. The van der Waals surface area contributed by atoms with Crippen molar-refractivity contribution in [3.8, 4) is 0 Å². The van der Waals surface area contributed by atoms with Crippen molar-refractivity contribution >= 4 is 5.97 Å². The Bertz CT molecular complexity index is 473. The predicted molar refractivity (Wildman–Crippen MR) is 83.4 cm³/mol. The van der Waals surface area contributed by atoms with Gasteiger partial charge in [-0.05, 0) is 52.4 Å². The molecule has 24 heavy (non-hydrogen) atoms. The molecule has 1 aliphatic carbocycles. The van der Waals surface area contributed by atoms with Gasteiger partial charge >= 0.3 is 12.1 Å². The van der Waals surface area contributed by atoms with Crippen LogP contribution < -0.4 is 0 Å². The number of rotatable bonds is 7. The number of hydrogen-bond acceptors (Lipinski definition) is 4. The molecule has 0 aromatic rings. The second-order valence-electron chi connectivity index (χ2n) is 6.93. The molecule has 0 spiro atoms. The van der Waals surface area contributed by atoms with Gasteiger partial charge in [0, 0.05) is 5.57 Å². The fourth-order valence-electron chi connectivity index (χ4n) is 2.89. The quantitative estimate of drug-likeness (QED) is 0.560. The highest BCUT2D eigenvalue weighted by molar-refractivity contribution is 5.86. The maximum absolute atomic E-state index is 13.0. The van der Waals surface area contributed by atoms with Gasteiger partial charge in [-0.25, -0.2) is 4.79 Å². The van der Waals surface area contributed by atoms with Gasteiger partial charge in [-0.1, -0.05) is 13.5 Å². The van der Waals surface area contributed by atoms with Crippen LogP contribution in [0, 0.1) is 5.92 Å². The molecule has 4 atom stereocenters. The summed E-state index contributed by atoms with van der Waals surface area (Å²) in [4.78, 5) is 11.4. The van der Waals surface area contributed by atoms with Crippen molar-refractivity contribution in [1.82, 2.24) is 0 Å². The molecular formula is C17H27F3O4. The van der Waals surface area contributed by atoms with Crippen LogP contribution in [0.15, 0.2) is 12.2 Å². The molecule has 0 bridgehead atoms. The summed E-state index contributed by atoms with van der Waals surface area (Å²) in [6.45, 7) is 9.05. The van der Waals surface area contributed by atoms with Crippen LogP contribution in [0.25, 0.3) is 0 Å². The normalized spacial score (nSPS) is 28.2. The maximum Gasteiger partial charge on any atom is 0.419 e. The molecule has 0 aromatic carbocycles. The zero-order valence-electron chi connectivity index (χ0n) is 14.7. The molecule has 0 radical (unpaired) electrons. The molecular weight excluding hydrogens is 325 g/mol. The maximum atomic E-state index is 13.0. The highest BCUT2D eigenvalue weighted by Gasteiger charge is 2.56. The molecule has 1 rings (SSSR count). The lowest BCUT2D eigenvalue weighted by Gasteiger charge is -2.39. The average Bonchev–Trinajstić information content (AvgIpc) is 2.87. The van der Waals surface area contributed by atoms with E-state index in [2.05, 4.69) is 6.58 Å². The number of hydrogen-bond donors (Lipinski definition) is 1. The number of carbonyl (C=O) groups is 1. The second kappa shape index (κ2) is 7.44. The Hall–Kier alpha value is -1.08. The monoisotopic (exact) mass is 352 g/mol. The van der Waals surface area contributed by atoms with Gasteiger partial charge in [0.05, 0.1) is 18.3 Å². The molecule has 0 aromatic heterocycles. The molecule has 1 saturated carbocycles. The number of aliphatic hydroxyl groups is 1. The molecule has 1 aliphatic rings. The Morgan fingerprint density at radius 2 is 2.04 bits per heavy atom. The van der Waals surface area contributed by atoms with Gasteiger partial charge in [0.15, 0.2) is 5.60 Å². The summed E-state index contributed by atoms with van der Waals surface area (Å²) in [5.74, 6) is -0.449. The van der Waals surface area contributed by atoms with Crippen molar-refractivity contribution < 1.29 is 32.5 Å². The average molecular weight is 352 g/mol. The molecule has 1 fully saturated rings. The van der Waals surface area contributed by atoms with Crippen LogP contribution in [0.1, 0.15) is 53.4 Å². The zero-order valence-corrected chi connectivity index (χ0v) is 14.7. The highest BCUT2D eigenvalue weighted by atomic mass is 19.4. The lowest BCUT2D eigenvalue weighted by atomic mass is 9.94. The standard InChI is InChI=1S/C17H27F3O4/c1-6-16(24-12(4)15(5,22)17(18,19)20)8-7-13(9-16)10-23-14(21)11(2)3/h12-13,22H,2,6-10H2,1,3-5H3. The number of ether oxygens (including phenoxy) is 2. The minimum absolute atomic E-state index is 0.0243. The lowest BCUT2D eigenvalue weighted by Crippen LogP contribution is -2.54. The first-order chi connectivity index (χ1) is 10.8. The van der Waals surface area contributed by atoms with Crippen LogP contribution in [-0.2, 0) is 14.3 Å². The van der Waals surface area contributed by atoms with Crippen molar-refractivity contribution in [3.63, 3.8) is 0 Å². The van der Waals surface area contributed by atoms with Crippen LogP contribution in [0.5, 0.6) is 0 Å². The minimum atomic E-state index is -4.77. The highest BCUT2D eigenvalue weighted by Crippen LogP contribution is 2.44. The van der Waals surface area contributed by atoms with E-state index < -0.39 is 29.5 Å². The number of esters is 1. The van der Waals surface area contributed by atoms with Gasteiger partial charge in [-0.2, -0.15) is 13.2 Å². The van der Waals surface area contributed by atoms with Crippen molar-refractivity contribution in [3.05, 3.63) is 12.2 Å². The Labute approximate surface area is 141 Å². The van der Waals surface area contributed by atoms with Crippen molar-refractivity contribution in [2.24, 2.45) is 5.92 Å². The van der Waals surface area contributed by atoms with Gasteiger partial charge in [0.1, 0.15) is 0 Å². The van der Waals surface area contributed by atoms with Crippen LogP contribution in [0.4, 0.5) is 13.2 Å². The Balaban J connectivity index is 2.69. The fraction of sp³-hybridized carbons (Fsp3) is 0.824. The summed E-state index contributed by atoms with van der Waals surface area (Å²) in [7, 11) is 0. The summed E-state index contributed by atoms with van der Waals surface area (Å²) in [6, 6.07) is 0. The molecule has 0 aliphatic heterocycles. The van der Waals surface area contributed by atoms with Crippen LogP contribution >= 0.6 is 0 Å². The Morgan fingerprint density at radius 1 is 1.46 bits per heavy atom. The third-order valence-electron chi connectivity index (χ3n) is 4.90. The van der Waals surface area contributed by atoms with E-state index in [9.17, 15) is 23.1 Å². The van der Waals surface area contributed by atoms with Crippen molar-refractivity contribution in [2.45, 2.75) is 76.9 Å². The van der Waals surface area contributed by atoms with E-state index in [0.717, 1.165) is 6.92 Å². The van der Waals surface area contributed by atoms with Gasteiger partial charge in [0.2, 0.25) is 0 Å². The molecule has 7 heteroatoms. The Morgan fingerprint density at radius 3 is 2.50 bits per heavy atom.